The molecule has 0 spiro atoms. The summed E-state index contributed by atoms with van der Waals surface area (Å²) in [5.41, 5.74) is 6.37. The van der Waals surface area contributed by atoms with Gasteiger partial charge in [0.15, 0.2) is 0 Å². The fourth-order valence-electron chi connectivity index (χ4n) is 2.01. The second-order valence-electron chi connectivity index (χ2n) is 4.19. The van der Waals surface area contributed by atoms with Gasteiger partial charge in [0.1, 0.15) is 11.9 Å². The fourth-order valence-corrected chi connectivity index (χ4v) is 2.01. The van der Waals surface area contributed by atoms with Crippen molar-refractivity contribution in [1.29, 1.82) is 0 Å². The number of benzene rings is 1. The van der Waals surface area contributed by atoms with Gasteiger partial charge in [-0.3, -0.25) is 4.79 Å². The Morgan fingerprint density at radius 1 is 1.42 bits per heavy atom. The van der Waals surface area contributed by atoms with E-state index in [1.54, 1.807) is 6.20 Å². The number of nitrogens with one attached hydrogen (secondary N) is 1. The zero-order valence-electron chi connectivity index (χ0n) is 10.9. The molecule has 19 heavy (non-hydrogen) atoms. The van der Waals surface area contributed by atoms with Crippen molar-refractivity contribution in [3.63, 3.8) is 0 Å². The van der Waals surface area contributed by atoms with Crippen molar-refractivity contribution in [1.82, 2.24) is 14.9 Å². The Bertz CT molecular complexity index is 535. The van der Waals surface area contributed by atoms with Crippen molar-refractivity contribution in [2.45, 2.75) is 19.5 Å². The summed E-state index contributed by atoms with van der Waals surface area (Å²) in [6.07, 6.45) is 3.64. The van der Waals surface area contributed by atoms with Gasteiger partial charge in [0.25, 0.3) is 0 Å². The smallest absolute Gasteiger partial charge is 0.234 e. The molecule has 0 aliphatic heterocycles. The third kappa shape index (κ3) is 3.00. The molecule has 5 nitrogen and oxygen atoms in total. The van der Waals surface area contributed by atoms with Crippen molar-refractivity contribution in [2.24, 2.45) is 5.73 Å². The number of carbonyl (C=O) groups is 1. The molecule has 1 unspecified atom stereocenters. The largest absolute Gasteiger partial charge is 0.341 e. The highest BCUT2D eigenvalue weighted by Gasteiger charge is 2.20. The van der Waals surface area contributed by atoms with Gasteiger partial charge in [0, 0.05) is 18.9 Å². The first-order chi connectivity index (χ1) is 9.26. The van der Waals surface area contributed by atoms with Crippen molar-refractivity contribution in [2.75, 3.05) is 6.54 Å². The molecule has 2 rings (SSSR count). The Kier molecular flexibility index (Phi) is 4.30. The van der Waals surface area contributed by atoms with Crippen molar-refractivity contribution >= 4 is 5.91 Å². The van der Waals surface area contributed by atoms with Crippen LogP contribution in [0.3, 0.4) is 0 Å². The lowest BCUT2D eigenvalue weighted by molar-refractivity contribution is -0.120. The van der Waals surface area contributed by atoms with E-state index in [2.05, 4.69) is 10.3 Å². The zero-order valence-corrected chi connectivity index (χ0v) is 10.9. The topological polar surface area (TPSA) is 72.9 Å². The Morgan fingerprint density at radius 3 is 2.79 bits per heavy atom. The molecule has 3 N–H and O–H groups in total. The summed E-state index contributed by atoms with van der Waals surface area (Å²) < 4.78 is 2.01. The molecule has 0 saturated carbocycles. The third-order valence-corrected chi connectivity index (χ3v) is 2.97. The Balaban J connectivity index is 2.37. The van der Waals surface area contributed by atoms with Crippen LogP contribution < -0.4 is 11.1 Å². The Hall–Kier alpha value is -2.14. The third-order valence-electron chi connectivity index (χ3n) is 2.97. The quantitative estimate of drug-likeness (QED) is 0.842. The number of aryl methyl sites for hydroxylation is 1. The van der Waals surface area contributed by atoms with E-state index in [4.69, 9.17) is 5.73 Å². The molecule has 0 radical (unpaired) electrons. The van der Waals surface area contributed by atoms with E-state index >= 15 is 0 Å². The minimum Gasteiger partial charge on any atom is -0.341 e. The van der Waals surface area contributed by atoms with Crippen LogP contribution in [0.1, 0.15) is 24.4 Å². The van der Waals surface area contributed by atoms with Crippen LogP contribution in [0.4, 0.5) is 0 Å². The maximum absolute atomic E-state index is 11.6. The average molecular weight is 258 g/mol. The normalized spacial score (nSPS) is 12.1. The van der Waals surface area contributed by atoms with Gasteiger partial charge in [-0.1, -0.05) is 30.3 Å². The van der Waals surface area contributed by atoms with Gasteiger partial charge in [-0.05, 0) is 12.5 Å². The molecule has 0 saturated heterocycles. The monoisotopic (exact) mass is 258 g/mol. The molecule has 1 aromatic heterocycles. The van der Waals surface area contributed by atoms with Crippen LogP contribution in [0, 0.1) is 0 Å². The highest BCUT2D eigenvalue weighted by atomic mass is 16.1. The lowest BCUT2D eigenvalue weighted by Crippen LogP contribution is -2.35. The van der Waals surface area contributed by atoms with E-state index in [0.29, 0.717) is 0 Å². The number of hydrogen-bond donors (Lipinski definition) is 2. The first kappa shape index (κ1) is 13.3. The summed E-state index contributed by atoms with van der Waals surface area (Å²) in [4.78, 5) is 16.0. The maximum atomic E-state index is 11.6. The van der Waals surface area contributed by atoms with Gasteiger partial charge in [-0.2, -0.15) is 0 Å². The summed E-state index contributed by atoms with van der Waals surface area (Å²) in [5, 5.41) is 2.91. The lowest BCUT2D eigenvalue weighted by Gasteiger charge is -2.19. The van der Waals surface area contributed by atoms with Crippen LogP contribution in [0.2, 0.25) is 0 Å². The van der Waals surface area contributed by atoms with E-state index in [0.717, 1.165) is 17.9 Å². The second-order valence-corrected chi connectivity index (χ2v) is 4.19. The number of rotatable bonds is 5. The number of nitrogens with zero attached hydrogens (tertiary/aromatic N) is 2. The molecule has 5 heteroatoms. The van der Waals surface area contributed by atoms with E-state index in [-0.39, 0.29) is 18.5 Å². The molecule has 0 aliphatic carbocycles. The maximum Gasteiger partial charge on any atom is 0.234 e. The first-order valence-corrected chi connectivity index (χ1v) is 6.31. The second kappa shape index (κ2) is 6.15. The standard InChI is InChI=1S/C14H18N4O/c1-2-18-9-8-16-14(18)13(17-12(19)10-15)11-6-4-3-5-7-11/h3-9,13H,2,10,15H2,1H3,(H,17,19). The van der Waals surface area contributed by atoms with Crippen LogP contribution in [-0.4, -0.2) is 22.0 Å². The summed E-state index contributed by atoms with van der Waals surface area (Å²) in [6.45, 7) is 2.81. The molecule has 100 valence electrons. The number of aromatic nitrogens is 2. The highest BCUT2D eigenvalue weighted by molar-refractivity contribution is 5.78. The van der Waals surface area contributed by atoms with Crippen molar-refractivity contribution < 1.29 is 4.79 Å². The number of nitrogens with two attached hydrogens (primary N) is 1. The van der Waals surface area contributed by atoms with Crippen LogP contribution in [-0.2, 0) is 11.3 Å². The highest BCUT2D eigenvalue weighted by Crippen LogP contribution is 2.20. The molecule has 1 heterocycles. The first-order valence-electron chi connectivity index (χ1n) is 6.31. The summed E-state index contributed by atoms with van der Waals surface area (Å²) in [5.74, 6) is 0.620. The number of hydrogen-bond acceptors (Lipinski definition) is 3. The number of imidazole rings is 1. The molecular weight excluding hydrogens is 240 g/mol. The molecule has 1 aromatic carbocycles. The predicted molar refractivity (Wildman–Crippen MR) is 73.4 cm³/mol. The Labute approximate surface area is 112 Å². The van der Waals surface area contributed by atoms with Gasteiger partial charge in [0.2, 0.25) is 5.91 Å². The van der Waals surface area contributed by atoms with E-state index in [9.17, 15) is 4.79 Å². The van der Waals surface area contributed by atoms with Gasteiger partial charge in [-0.15, -0.1) is 0 Å². The summed E-state index contributed by atoms with van der Waals surface area (Å²) in [6, 6.07) is 9.49. The van der Waals surface area contributed by atoms with Crippen LogP contribution in [0.25, 0.3) is 0 Å². The Morgan fingerprint density at radius 2 is 2.16 bits per heavy atom. The van der Waals surface area contributed by atoms with Gasteiger partial charge in [0.05, 0.1) is 6.54 Å². The van der Waals surface area contributed by atoms with Crippen molar-refractivity contribution in [3.8, 4) is 0 Å². The molecule has 2 aromatic rings. The van der Waals surface area contributed by atoms with Crippen LogP contribution >= 0.6 is 0 Å². The van der Waals surface area contributed by atoms with Gasteiger partial charge < -0.3 is 15.6 Å². The molecule has 0 aliphatic rings. The summed E-state index contributed by atoms with van der Waals surface area (Å²) >= 11 is 0. The van der Waals surface area contributed by atoms with E-state index < -0.39 is 0 Å². The van der Waals surface area contributed by atoms with Crippen LogP contribution in [0.15, 0.2) is 42.7 Å². The predicted octanol–water partition coefficient (Wildman–Crippen LogP) is 1.07. The minimum absolute atomic E-state index is 0.0316. The average Bonchev–Trinajstić information content (AvgIpc) is 2.93. The lowest BCUT2D eigenvalue weighted by atomic mass is 10.1. The van der Waals surface area contributed by atoms with Crippen LogP contribution in [0.5, 0.6) is 0 Å². The van der Waals surface area contributed by atoms with Gasteiger partial charge in [-0.25, -0.2) is 4.98 Å². The molecular formula is C14H18N4O. The number of carbonyl (C=O) groups excluding carboxylic acids is 1. The molecule has 1 atom stereocenters. The SMILES string of the molecule is CCn1ccnc1C(NC(=O)CN)c1ccccc1. The molecule has 0 bridgehead atoms. The van der Waals surface area contributed by atoms with E-state index in [1.807, 2.05) is 48.0 Å². The minimum atomic E-state index is -0.271. The number of amides is 1. The van der Waals surface area contributed by atoms with E-state index in [1.165, 1.54) is 0 Å². The fraction of sp³-hybridized carbons (Fsp3) is 0.286. The van der Waals surface area contributed by atoms with Crippen molar-refractivity contribution in [3.05, 3.63) is 54.1 Å². The summed E-state index contributed by atoms with van der Waals surface area (Å²) in [7, 11) is 0. The molecule has 1 amide bonds. The zero-order chi connectivity index (χ0) is 13.7. The van der Waals surface area contributed by atoms with Gasteiger partial charge >= 0.3 is 0 Å². The molecule has 0 fully saturated rings.